The van der Waals surface area contributed by atoms with Gasteiger partial charge in [-0.05, 0) is 53.1 Å². The van der Waals surface area contributed by atoms with Crippen molar-refractivity contribution in [1.29, 1.82) is 0 Å². The zero-order valence-corrected chi connectivity index (χ0v) is 15.5. The summed E-state index contributed by atoms with van der Waals surface area (Å²) >= 11 is 2.37. The average molecular weight is 430 g/mol. The van der Waals surface area contributed by atoms with Crippen LogP contribution in [0.4, 0.5) is 0 Å². The molecule has 0 radical (unpaired) electrons. The largest absolute Gasteiger partial charge is 0.461 e. The molecule has 0 fully saturated rings. The number of rotatable bonds is 4. The summed E-state index contributed by atoms with van der Waals surface area (Å²) in [6.45, 7) is 0.648. The van der Waals surface area contributed by atoms with E-state index in [1.165, 1.54) is 14.7 Å². The van der Waals surface area contributed by atoms with E-state index in [2.05, 4.69) is 65.1 Å². The van der Waals surface area contributed by atoms with Crippen LogP contribution in [0.2, 0.25) is 0 Å². The summed E-state index contributed by atoms with van der Waals surface area (Å²) in [7, 11) is 0. The smallest absolute Gasteiger partial charge is 0.134 e. The lowest BCUT2D eigenvalue weighted by Crippen LogP contribution is -2.11. The van der Waals surface area contributed by atoms with Crippen LogP contribution in [-0.4, -0.2) is 0 Å². The molecular formula is C21H19IO2. The second kappa shape index (κ2) is 7.11. The Hall–Kier alpha value is -1.59. The highest BCUT2D eigenvalue weighted by molar-refractivity contribution is 14.1. The van der Waals surface area contributed by atoms with Gasteiger partial charge in [0.05, 0.1) is 12.7 Å². The summed E-state index contributed by atoms with van der Waals surface area (Å²) in [5, 5.41) is 0. The Balaban J connectivity index is 1.55. The lowest BCUT2D eigenvalue weighted by Gasteiger charge is -2.22. The van der Waals surface area contributed by atoms with Crippen molar-refractivity contribution in [3.8, 4) is 11.3 Å². The molecule has 0 spiro atoms. The molecule has 1 aromatic heterocycles. The Morgan fingerprint density at radius 1 is 1.04 bits per heavy atom. The van der Waals surface area contributed by atoms with E-state index in [-0.39, 0.29) is 6.10 Å². The molecule has 4 rings (SSSR count). The van der Waals surface area contributed by atoms with Crippen molar-refractivity contribution in [1.82, 2.24) is 0 Å². The van der Waals surface area contributed by atoms with Crippen molar-refractivity contribution in [2.45, 2.75) is 32.0 Å². The standard InChI is InChI=1S/C21H19IO2/c22-18-10-5-4-9-16(18)14-23-19-11-6-12-20-17(19)13-21(24-20)15-7-2-1-3-8-15/h1-5,7-10,13,19H,6,11-12,14H2/t19-/m1/s1. The topological polar surface area (TPSA) is 22.4 Å². The quantitative estimate of drug-likeness (QED) is 0.464. The highest BCUT2D eigenvalue weighted by atomic mass is 127. The van der Waals surface area contributed by atoms with Crippen LogP contribution >= 0.6 is 22.6 Å². The number of ether oxygens (including phenoxy) is 1. The second-order valence-corrected chi connectivity index (χ2v) is 7.30. The van der Waals surface area contributed by atoms with Crippen molar-refractivity contribution in [3.63, 3.8) is 0 Å². The van der Waals surface area contributed by atoms with Gasteiger partial charge in [0.15, 0.2) is 0 Å². The maximum absolute atomic E-state index is 6.26. The summed E-state index contributed by atoms with van der Waals surface area (Å²) in [4.78, 5) is 0. The SMILES string of the molecule is Ic1ccccc1CO[C@@H]1CCCc2oc(-c3ccccc3)cc21. The molecule has 3 heteroatoms. The molecule has 1 aliphatic carbocycles. The Morgan fingerprint density at radius 2 is 1.83 bits per heavy atom. The third kappa shape index (κ3) is 3.28. The fourth-order valence-electron chi connectivity index (χ4n) is 3.24. The fraction of sp³-hybridized carbons (Fsp3) is 0.238. The van der Waals surface area contributed by atoms with Gasteiger partial charge < -0.3 is 9.15 Å². The predicted molar refractivity (Wildman–Crippen MR) is 104 cm³/mol. The Morgan fingerprint density at radius 3 is 2.67 bits per heavy atom. The molecule has 1 aliphatic rings. The van der Waals surface area contributed by atoms with Crippen molar-refractivity contribution in [3.05, 3.63) is 81.1 Å². The van der Waals surface area contributed by atoms with E-state index in [0.717, 1.165) is 36.3 Å². The minimum atomic E-state index is 0.131. The molecule has 2 aromatic carbocycles. The fourth-order valence-corrected chi connectivity index (χ4v) is 3.78. The Bertz CT molecular complexity index is 823. The van der Waals surface area contributed by atoms with Crippen molar-refractivity contribution in [2.75, 3.05) is 0 Å². The monoisotopic (exact) mass is 430 g/mol. The maximum Gasteiger partial charge on any atom is 0.134 e. The lowest BCUT2D eigenvalue weighted by atomic mass is 9.95. The first kappa shape index (κ1) is 15.9. The zero-order chi connectivity index (χ0) is 16.4. The molecule has 0 N–H and O–H groups in total. The van der Waals surface area contributed by atoms with Gasteiger partial charge in [0.1, 0.15) is 11.5 Å². The Labute approximate surface area is 156 Å². The van der Waals surface area contributed by atoms with Gasteiger partial charge in [0.25, 0.3) is 0 Å². The summed E-state index contributed by atoms with van der Waals surface area (Å²) < 4.78 is 13.6. The minimum absolute atomic E-state index is 0.131. The number of fused-ring (bicyclic) bond motifs is 1. The van der Waals surface area contributed by atoms with Crippen LogP contribution < -0.4 is 0 Å². The van der Waals surface area contributed by atoms with Gasteiger partial charge in [0, 0.05) is 21.1 Å². The molecular weight excluding hydrogens is 411 g/mol. The van der Waals surface area contributed by atoms with Crippen molar-refractivity contribution >= 4 is 22.6 Å². The third-order valence-corrected chi connectivity index (χ3v) is 5.57. The molecule has 0 saturated heterocycles. The molecule has 0 bridgehead atoms. The van der Waals surface area contributed by atoms with Crippen LogP contribution in [0.25, 0.3) is 11.3 Å². The summed E-state index contributed by atoms with van der Waals surface area (Å²) in [6.07, 6.45) is 3.31. The van der Waals surface area contributed by atoms with Crippen LogP contribution in [0.5, 0.6) is 0 Å². The molecule has 0 amide bonds. The third-order valence-electron chi connectivity index (χ3n) is 4.51. The van der Waals surface area contributed by atoms with Gasteiger partial charge in [-0.2, -0.15) is 0 Å². The first-order valence-corrected chi connectivity index (χ1v) is 9.42. The van der Waals surface area contributed by atoms with Crippen LogP contribution in [0.1, 0.15) is 35.8 Å². The molecule has 3 aromatic rings. The first-order chi connectivity index (χ1) is 11.8. The predicted octanol–water partition coefficient (Wildman–Crippen LogP) is 6.15. The van der Waals surface area contributed by atoms with Gasteiger partial charge in [0.2, 0.25) is 0 Å². The average Bonchev–Trinajstić information content (AvgIpc) is 3.07. The summed E-state index contributed by atoms with van der Waals surface area (Å²) in [5.74, 6) is 2.04. The number of hydrogen-bond acceptors (Lipinski definition) is 2. The zero-order valence-electron chi connectivity index (χ0n) is 13.4. The number of hydrogen-bond donors (Lipinski definition) is 0. The van der Waals surface area contributed by atoms with Crippen LogP contribution in [0.3, 0.4) is 0 Å². The van der Waals surface area contributed by atoms with E-state index in [1.807, 2.05) is 18.2 Å². The van der Waals surface area contributed by atoms with E-state index in [9.17, 15) is 0 Å². The van der Waals surface area contributed by atoms with Gasteiger partial charge in [-0.25, -0.2) is 0 Å². The molecule has 1 heterocycles. The van der Waals surface area contributed by atoms with Gasteiger partial charge in [-0.15, -0.1) is 0 Å². The normalized spacial score (nSPS) is 16.8. The summed E-state index contributed by atoms with van der Waals surface area (Å²) in [5.41, 5.74) is 3.60. The molecule has 24 heavy (non-hydrogen) atoms. The van der Waals surface area contributed by atoms with Gasteiger partial charge >= 0.3 is 0 Å². The highest BCUT2D eigenvalue weighted by Gasteiger charge is 2.25. The molecule has 1 atom stereocenters. The van der Waals surface area contributed by atoms with Gasteiger partial charge in [-0.3, -0.25) is 0 Å². The van der Waals surface area contributed by atoms with Crippen LogP contribution in [0, 0.1) is 3.57 Å². The number of halogens is 1. The molecule has 0 aliphatic heterocycles. The number of benzene rings is 2. The van der Waals surface area contributed by atoms with E-state index < -0.39 is 0 Å². The van der Waals surface area contributed by atoms with E-state index in [4.69, 9.17) is 9.15 Å². The molecule has 0 saturated carbocycles. The van der Waals surface area contributed by atoms with E-state index >= 15 is 0 Å². The summed E-state index contributed by atoms with van der Waals surface area (Å²) in [6, 6.07) is 20.9. The van der Waals surface area contributed by atoms with Gasteiger partial charge in [-0.1, -0.05) is 48.5 Å². The highest BCUT2D eigenvalue weighted by Crippen LogP contribution is 2.38. The maximum atomic E-state index is 6.26. The molecule has 0 unspecified atom stereocenters. The Kier molecular flexibility index (Phi) is 4.72. The lowest BCUT2D eigenvalue weighted by molar-refractivity contribution is 0.0264. The van der Waals surface area contributed by atoms with E-state index in [0.29, 0.717) is 6.61 Å². The number of aryl methyl sites for hydroxylation is 1. The van der Waals surface area contributed by atoms with Crippen LogP contribution in [0.15, 0.2) is 65.1 Å². The van der Waals surface area contributed by atoms with Crippen molar-refractivity contribution < 1.29 is 9.15 Å². The first-order valence-electron chi connectivity index (χ1n) is 8.34. The van der Waals surface area contributed by atoms with Crippen molar-refractivity contribution in [2.24, 2.45) is 0 Å². The molecule has 122 valence electrons. The number of furan rings is 1. The van der Waals surface area contributed by atoms with E-state index in [1.54, 1.807) is 0 Å². The molecule has 2 nitrogen and oxygen atoms in total. The minimum Gasteiger partial charge on any atom is -0.461 e. The van der Waals surface area contributed by atoms with Crippen LogP contribution in [-0.2, 0) is 17.8 Å². The second-order valence-electron chi connectivity index (χ2n) is 6.14.